The Bertz CT molecular complexity index is 470. The highest BCUT2D eigenvalue weighted by molar-refractivity contribution is 5.75. The van der Waals surface area contributed by atoms with Gasteiger partial charge < -0.3 is 20.5 Å². The Hall–Kier alpha value is -1.89. The maximum absolute atomic E-state index is 12.5. The molecular weight excluding hydrogens is 294 g/mol. The van der Waals surface area contributed by atoms with E-state index in [4.69, 9.17) is 10.5 Å². The minimum Gasteiger partial charge on any atom is -0.493 e. The molecule has 0 heterocycles. The number of ether oxygens (including phenoxy) is 2. The molecule has 0 aliphatic heterocycles. The quantitative estimate of drug-likeness (QED) is 0.695. The van der Waals surface area contributed by atoms with Gasteiger partial charge in [-0.2, -0.15) is 8.78 Å². The van der Waals surface area contributed by atoms with Crippen LogP contribution in [0.5, 0.6) is 11.5 Å². The fourth-order valence-electron chi connectivity index (χ4n) is 1.74. The summed E-state index contributed by atoms with van der Waals surface area (Å²) in [7, 11) is 0. The van der Waals surface area contributed by atoms with Crippen LogP contribution in [0.3, 0.4) is 0 Å². The third-order valence-electron chi connectivity index (χ3n) is 2.81. The SMILES string of the molecule is CCCOc1ccc(CNC(=O)CCCN)c(OC(F)F)c1. The largest absolute Gasteiger partial charge is 0.493 e. The molecule has 0 saturated carbocycles. The van der Waals surface area contributed by atoms with E-state index in [1.165, 1.54) is 6.07 Å². The average molecular weight is 316 g/mol. The lowest BCUT2D eigenvalue weighted by molar-refractivity contribution is -0.121. The van der Waals surface area contributed by atoms with Crippen molar-refractivity contribution in [1.29, 1.82) is 0 Å². The molecular formula is C15H22F2N2O3. The molecule has 124 valence electrons. The van der Waals surface area contributed by atoms with Gasteiger partial charge in [-0.1, -0.05) is 6.92 Å². The number of hydrogen-bond acceptors (Lipinski definition) is 4. The van der Waals surface area contributed by atoms with Crippen molar-refractivity contribution in [3.05, 3.63) is 23.8 Å². The minimum atomic E-state index is -2.94. The van der Waals surface area contributed by atoms with E-state index >= 15 is 0 Å². The van der Waals surface area contributed by atoms with Crippen molar-refractivity contribution in [3.63, 3.8) is 0 Å². The highest BCUT2D eigenvalue weighted by atomic mass is 19.3. The smallest absolute Gasteiger partial charge is 0.387 e. The molecule has 0 aromatic heterocycles. The summed E-state index contributed by atoms with van der Waals surface area (Å²) in [4.78, 5) is 11.5. The third-order valence-corrected chi connectivity index (χ3v) is 2.81. The predicted octanol–water partition coefficient (Wildman–Crippen LogP) is 2.43. The van der Waals surface area contributed by atoms with Gasteiger partial charge in [0.1, 0.15) is 11.5 Å². The van der Waals surface area contributed by atoms with Crippen LogP contribution in [0.25, 0.3) is 0 Å². The van der Waals surface area contributed by atoms with Gasteiger partial charge in [-0.05, 0) is 31.5 Å². The molecule has 1 aromatic carbocycles. The Morgan fingerprint density at radius 1 is 1.41 bits per heavy atom. The van der Waals surface area contributed by atoms with E-state index in [-0.39, 0.29) is 18.2 Å². The first-order valence-corrected chi connectivity index (χ1v) is 7.24. The molecule has 0 spiro atoms. The Labute approximate surface area is 128 Å². The number of carbonyl (C=O) groups excluding carboxylic acids is 1. The van der Waals surface area contributed by atoms with Crippen molar-refractivity contribution in [1.82, 2.24) is 5.32 Å². The first-order valence-electron chi connectivity index (χ1n) is 7.24. The summed E-state index contributed by atoms with van der Waals surface area (Å²) in [5.41, 5.74) is 5.79. The molecule has 0 aliphatic carbocycles. The van der Waals surface area contributed by atoms with Crippen LogP contribution in [0.15, 0.2) is 18.2 Å². The van der Waals surface area contributed by atoms with Crippen LogP contribution >= 0.6 is 0 Å². The maximum Gasteiger partial charge on any atom is 0.387 e. The van der Waals surface area contributed by atoms with Crippen LogP contribution in [-0.4, -0.2) is 25.7 Å². The van der Waals surface area contributed by atoms with Gasteiger partial charge in [-0.15, -0.1) is 0 Å². The maximum atomic E-state index is 12.5. The summed E-state index contributed by atoms with van der Waals surface area (Å²) >= 11 is 0. The monoisotopic (exact) mass is 316 g/mol. The highest BCUT2D eigenvalue weighted by Crippen LogP contribution is 2.26. The second-order valence-electron chi connectivity index (χ2n) is 4.67. The summed E-state index contributed by atoms with van der Waals surface area (Å²) in [6.07, 6.45) is 1.69. The van der Waals surface area contributed by atoms with E-state index in [9.17, 15) is 13.6 Å². The summed E-state index contributed by atoms with van der Waals surface area (Å²) in [6.45, 7) is 0.0365. The van der Waals surface area contributed by atoms with Gasteiger partial charge >= 0.3 is 6.61 Å². The van der Waals surface area contributed by atoms with Gasteiger partial charge in [-0.25, -0.2) is 0 Å². The second-order valence-corrected chi connectivity index (χ2v) is 4.67. The number of nitrogens with one attached hydrogen (secondary N) is 1. The van der Waals surface area contributed by atoms with Crippen LogP contribution in [0, 0.1) is 0 Å². The molecule has 3 N–H and O–H groups in total. The fourth-order valence-corrected chi connectivity index (χ4v) is 1.74. The van der Waals surface area contributed by atoms with Crippen molar-refractivity contribution in [2.75, 3.05) is 13.2 Å². The molecule has 0 aliphatic rings. The van der Waals surface area contributed by atoms with Crippen molar-refractivity contribution in [3.8, 4) is 11.5 Å². The Morgan fingerprint density at radius 2 is 2.18 bits per heavy atom. The minimum absolute atomic E-state index is 0.00253. The number of benzene rings is 1. The van der Waals surface area contributed by atoms with E-state index in [0.717, 1.165) is 6.42 Å². The summed E-state index contributed by atoms with van der Waals surface area (Å²) < 4.78 is 34.9. The molecule has 0 fully saturated rings. The third kappa shape index (κ3) is 6.71. The van der Waals surface area contributed by atoms with Gasteiger partial charge in [0.05, 0.1) is 6.61 Å². The first kappa shape index (κ1) is 18.2. The molecule has 0 unspecified atom stereocenters. The molecule has 5 nitrogen and oxygen atoms in total. The van der Waals surface area contributed by atoms with E-state index in [1.54, 1.807) is 12.1 Å². The Balaban J connectivity index is 2.72. The van der Waals surface area contributed by atoms with Gasteiger partial charge in [0.15, 0.2) is 0 Å². The zero-order chi connectivity index (χ0) is 16.4. The Morgan fingerprint density at radius 3 is 2.82 bits per heavy atom. The van der Waals surface area contributed by atoms with Crippen LogP contribution in [0.4, 0.5) is 8.78 Å². The van der Waals surface area contributed by atoms with Crippen LogP contribution in [-0.2, 0) is 11.3 Å². The lowest BCUT2D eigenvalue weighted by atomic mass is 10.2. The number of nitrogens with two attached hydrogens (primary N) is 1. The van der Waals surface area contributed by atoms with Crippen molar-refractivity contribution >= 4 is 5.91 Å². The lowest BCUT2D eigenvalue weighted by Crippen LogP contribution is -2.23. The van der Waals surface area contributed by atoms with Gasteiger partial charge in [0.2, 0.25) is 5.91 Å². The van der Waals surface area contributed by atoms with E-state index < -0.39 is 6.61 Å². The van der Waals surface area contributed by atoms with Crippen molar-refractivity contribution in [2.45, 2.75) is 39.3 Å². The predicted molar refractivity (Wildman–Crippen MR) is 79.0 cm³/mol. The molecule has 0 atom stereocenters. The number of halogens is 2. The first-order chi connectivity index (χ1) is 10.6. The summed E-state index contributed by atoms with van der Waals surface area (Å²) in [6, 6.07) is 4.67. The van der Waals surface area contributed by atoms with Crippen molar-refractivity contribution in [2.24, 2.45) is 5.73 Å². The number of carbonyl (C=O) groups is 1. The van der Waals surface area contributed by atoms with Crippen LogP contribution < -0.4 is 20.5 Å². The van der Waals surface area contributed by atoms with Gasteiger partial charge in [0, 0.05) is 24.6 Å². The average Bonchev–Trinajstić information content (AvgIpc) is 2.49. The Kier molecular flexibility index (Phi) is 8.21. The summed E-state index contributed by atoms with van der Waals surface area (Å²) in [5, 5.41) is 2.65. The zero-order valence-electron chi connectivity index (χ0n) is 12.6. The van der Waals surface area contributed by atoms with E-state index in [0.29, 0.717) is 37.3 Å². The molecule has 0 radical (unpaired) electrons. The zero-order valence-corrected chi connectivity index (χ0v) is 12.6. The fraction of sp³-hybridized carbons (Fsp3) is 0.533. The van der Waals surface area contributed by atoms with Crippen LogP contribution in [0.1, 0.15) is 31.7 Å². The number of alkyl halides is 2. The number of amides is 1. The molecule has 22 heavy (non-hydrogen) atoms. The van der Waals surface area contributed by atoms with E-state index in [1.807, 2.05) is 6.92 Å². The molecule has 1 amide bonds. The van der Waals surface area contributed by atoms with Crippen molar-refractivity contribution < 1.29 is 23.0 Å². The molecule has 0 bridgehead atoms. The number of hydrogen-bond donors (Lipinski definition) is 2. The highest BCUT2D eigenvalue weighted by Gasteiger charge is 2.12. The lowest BCUT2D eigenvalue weighted by Gasteiger charge is -2.14. The van der Waals surface area contributed by atoms with Gasteiger partial charge in [-0.3, -0.25) is 4.79 Å². The van der Waals surface area contributed by atoms with Gasteiger partial charge in [0.25, 0.3) is 0 Å². The standard InChI is InChI=1S/C15H22F2N2O3/c1-2-8-21-12-6-5-11(13(9-12)22-15(16)17)10-19-14(20)4-3-7-18/h5-6,9,15H,2-4,7-8,10,18H2,1H3,(H,19,20). The molecule has 1 rings (SSSR count). The normalized spacial score (nSPS) is 10.6. The molecule has 7 heteroatoms. The van der Waals surface area contributed by atoms with Crippen LogP contribution in [0.2, 0.25) is 0 Å². The molecule has 1 aromatic rings. The second kappa shape index (κ2) is 9.94. The summed E-state index contributed by atoms with van der Waals surface area (Å²) in [5.74, 6) is 0.276. The topological polar surface area (TPSA) is 73.6 Å². The molecule has 0 saturated heterocycles. The number of rotatable bonds is 10. The van der Waals surface area contributed by atoms with E-state index in [2.05, 4.69) is 10.1 Å².